The molecule has 0 bridgehead atoms. The number of primary sulfonamides is 1. The van der Waals surface area contributed by atoms with Crippen LogP contribution >= 0.6 is 0 Å². The SMILES string of the molecule is NS(=O)(=O)c1ccc(Nc2ccc(N=Nc3ccccc3)cc2)cc1. The van der Waals surface area contributed by atoms with Gasteiger partial charge in [0.25, 0.3) is 0 Å². The highest BCUT2D eigenvalue weighted by atomic mass is 32.2. The maximum absolute atomic E-state index is 11.2. The third-order valence-electron chi connectivity index (χ3n) is 3.38. The second-order valence-corrected chi connectivity index (χ2v) is 6.84. The van der Waals surface area contributed by atoms with E-state index in [9.17, 15) is 8.42 Å². The van der Waals surface area contributed by atoms with Crippen LogP contribution in [0.5, 0.6) is 0 Å². The van der Waals surface area contributed by atoms with Gasteiger partial charge in [0, 0.05) is 11.4 Å². The van der Waals surface area contributed by atoms with Gasteiger partial charge in [-0.1, -0.05) is 18.2 Å². The summed E-state index contributed by atoms with van der Waals surface area (Å²) in [5.74, 6) is 0. The van der Waals surface area contributed by atoms with Crippen LogP contribution < -0.4 is 10.5 Å². The average molecular weight is 352 g/mol. The van der Waals surface area contributed by atoms with Crippen molar-refractivity contribution in [3.8, 4) is 0 Å². The first-order valence-electron chi connectivity index (χ1n) is 7.47. The van der Waals surface area contributed by atoms with E-state index in [1.165, 1.54) is 12.1 Å². The Balaban J connectivity index is 1.67. The van der Waals surface area contributed by atoms with E-state index < -0.39 is 10.0 Å². The lowest BCUT2D eigenvalue weighted by Crippen LogP contribution is -2.11. The van der Waals surface area contributed by atoms with Crippen molar-refractivity contribution in [2.45, 2.75) is 4.90 Å². The van der Waals surface area contributed by atoms with Crippen LogP contribution in [-0.2, 0) is 10.0 Å². The molecule has 3 rings (SSSR count). The molecule has 0 atom stereocenters. The third kappa shape index (κ3) is 4.72. The summed E-state index contributed by atoms with van der Waals surface area (Å²) in [7, 11) is -3.68. The van der Waals surface area contributed by atoms with Gasteiger partial charge in [-0.25, -0.2) is 13.6 Å². The molecular formula is C18H16N4O2S. The van der Waals surface area contributed by atoms with Crippen molar-refractivity contribution in [1.82, 2.24) is 0 Å². The highest BCUT2D eigenvalue weighted by molar-refractivity contribution is 7.89. The Hall–Kier alpha value is -3.03. The Morgan fingerprint density at radius 1 is 0.680 bits per heavy atom. The van der Waals surface area contributed by atoms with E-state index in [1.807, 2.05) is 54.6 Å². The molecule has 0 saturated heterocycles. The highest BCUT2D eigenvalue weighted by Crippen LogP contribution is 2.23. The van der Waals surface area contributed by atoms with Gasteiger partial charge in [-0.2, -0.15) is 10.2 Å². The Bertz CT molecular complexity index is 968. The molecule has 3 N–H and O–H groups in total. The number of sulfonamides is 1. The predicted octanol–water partition coefficient (Wildman–Crippen LogP) is 4.49. The Kier molecular flexibility index (Phi) is 4.87. The van der Waals surface area contributed by atoms with Crippen LogP contribution in [0.25, 0.3) is 0 Å². The van der Waals surface area contributed by atoms with Crippen molar-refractivity contribution >= 4 is 32.8 Å². The van der Waals surface area contributed by atoms with Gasteiger partial charge in [0.05, 0.1) is 16.3 Å². The lowest BCUT2D eigenvalue weighted by atomic mass is 10.2. The minimum absolute atomic E-state index is 0.0784. The van der Waals surface area contributed by atoms with E-state index in [-0.39, 0.29) is 4.90 Å². The largest absolute Gasteiger partial charge is 0.356 e. The molecule has 7 heteroatoms. The summed E-state index contributed by atoms with van der Waals surface area (Å²) in [6.07, 6.45) is 0. The number of anilines is 2. The van der Waals surface area contributed by atoms with Gasteiger partial charge in [0.1, 0.15) is 0 Å². The molecule has 0 unspecified atom stereocenters. The number of rotatable bonds is 5. The predicted molar refractivity (Wildman–Crippen MR) is 98.2 cm³/mol. The Labute approximate surface area is 146 Å². The fraction of sp³-hybridized carbons (Fsp3) is 0. The van der Waals surface area contributed by atoms with Gasteiger partial charge in [0.15, 0.2) is 0 Å². The third-order valence-corrected chi connectivity index (χ3v) is 4.31. The van der Waals surface area contributed by atoms with Crippen molar-refractivity contribution in [3.05, 3.63) is 78.9 Å². The van der Waals surface area contributed by atoms with Crippen LogP contribution in [0.3, 0.4) is 0 Å². The summed E-state index contributed by atoms with van der Waals surface area (Å²) >= 11 is 0. The van der Waals surface area contributed by atoms with Crippen LogP contribution in [0.2, 0.25) is 0 Å². The van der Waals surface area contributed by atoms with Gasteiger partial charge in [0.2, 0.25) is 10.0 Å². The second-order valence-electron chi connectivity index (χ2n) is 5.28. The molecule has 3 aromatic rings. The van der Waals surface area contributed by atoms with Crippen molar-refractivity contribution in [2.24, 2.45) is 15.4 Å². The number of nitrogens with two attached hydrogens (primary N) is 1. The quantitative estimate of drug-likeness (QED) is 0.662. The standard InChI is InChI=1S/C18H16N4O2S/c19-25(23,24)18-12-10-15(11-13-18)20-14-6-8-17(9-7-14)22-21-16-4-2-1-3-5-16/h1-13,20H,(H2,19,23,24). The molecule has 0 aliphatic heterocycles. The van der Waals surface area contributed by atoms with Crippen LogP contribution in [-0.4, -0.2) is 8.42 Å². The maximum atomic E-state index is 11.2. The molecule has 0 amide bonds. The first kappa shape index (κ1) is 16.8. The van der Waals surface area contributed by atoms with Crippen molar-refractivity contribution in [1.29, 1.82) is 0 Å². The van der Waals surface area contributed by atoms with E-state index in [1.54, 1.807) is 12.1 Å². The maximum Gasteiger partial charge on any atom is 0.238 e. The number of azo groups is 1. The normalized spacial score (nSPS) is 11.6. The topological polar surface area (TPSA) is 96.9 Å². The lowest BCUT2D eigenvalue weighted by Gasteiger charge is -2.07. The molecule has 25 heavy (non-hydrogen) atoms. The van der Waals surface area contributed by atoms with Crippen LogP contribution in [0.4, 0.5) is 22.7 Å². The number of benzene rings is 3. The van der Waals surface area contributed by atoms with Gasteiger partial charge in [-0.05, 0) is 60.7 Å². The van der Waals surface area contributed by atoms with E-state index in [2.05, 4.69) is 15.5 Å². The summed E-state index contributed by atoms with van der Waals surface area (Å²) in [4.78, 5) is 0.0784. The van der Waals surface area contributed by atoms with Crippen molar-refractivity contribution in [3.63, 3.8) is 0 Å². The number of nitrogens with one attached hydrogen (secondary N) is 1. The van der Waals surface area contributed by atoms with Crippen LogP contribution in [0.1, 0.15) is 0 Å². The minimum atomic E-state index is -3.68. The summed E-state index contributed by atoms with van der Waals surface area (Å²) < 4.78 is 22.5. The van der Waals surface area contributed by atoms with Crippen LogP contribution in [0.15, 0.2) is 94.0 Å². The van der Waals surface area contributed by atoms with E-state index in [0.717, 1.165) is 22.7 Å². The fourth-order valence-corrected chi connectivity index (χ4v) is 2.63. The lowest BCUT2D eigenvalue weighted by molar-refractivity contribution is 0.598. The second kappa shape index (κ2) is 7.25. The van der Waals surface area contributed by atoms with Crippen molar-refractivity contribution < 1.29 is 8.42 Å². The Morgan fingerprint density at radius 2 is 1.16 bits per heavy atom. The highest BCUT2D eigenvalue weighted by Gasteiger charge is 2.06. The molecule has 0 heterocycles. The van der Waals surface area contributed by atoms with Gasteiger partial charge in [-0.3, -0.25) is 0 Å². The van der Waals surface area contributed by atoms with Gasteiger partial charge < -0.3 is 5.32 Å². The van der Waals surface area contributed by atoms with E-state index >= 15 is 0 Å². The molecule has 0 aliphatic rings. The summed E-state index contributed by atoms with van der Waals surface area (Å²) in [6.45, 7) is 0. The number of hydrogen-bond acceptors (Lipinski definition) is 5. The average Bonchev–Trinajstić information content (AvgIpc) is 2.62. The zero-order valence-corrected chi connectivity index (χ0v) is 14.0. The molecule has 0 fully saturated rings. The molecule has 0 radical (unpaired) electrons. The fourth-order valence-electron chi connectivity index (χ4n) is 2.12. The molecule has 0 saturated carbocycles. The molecule has 126 valence electrons. The summed E-state index contributed by atoms with van der Waals surface area (Å²) in [6, 6.07) is 23.1. The van der Waals surface area contributed by atoms with Crippen molar-refractivity contribution in [2.75, 3.05) is 5.32 Å². The Morgan fingerprint density at radius 3 is 1.68 bits per heavy atom. The van der Waals surface area contributed by atoms with Crippen LogP contribution in [0, 0.1) is 0 Å². The molecule has 6 nitrogen and oxygen atoms in total. The zero-order chi connectivity index (χ0) is 17.7. The minimum Gasteiger partial charge on any atom is -0.356 e. The molecule has 0 aromatic heterocycles. The molecule has 0 spiro atoms. The van der Waals surface area contributed by atoms with E-state index in [4.69, 9.17) is 5.14 Å². The first-order valence-corrected chi connectivity index (χ1v) is 9.02. The molecule has 3 aromatic carbocycles. The zero-order valence-electron chi connectivity index (χ0n) is 13.2. The summed E-state index contributed by atoms with van der Waals surface area (Å²) in [5.41, 5.74) is 3.13. The first-order chi connectivity index (χ1) is 12.0. The molecular weight excluding hydrogens is 336 g/mol. The smallest absolute Gasteiger partial charge is 0.238 e. The van der Waals surface area contributed by atoms with Gasteiger partial charge in [-0.15, -0.1) is 0 Å². The number of hydrogen-bond donors (Lipinski definition) is 2. The van der Waals surface area contributed by atoms with E-state index in [0.29, 0.717) is 0 Å². The monoisotopic (exact) mass is 352 g/mol. The molecule has 0 aliphatic carbocycles. The van der Waals surface area contributed by atoms with Gasteiger partial charge >= 0.3 is 0 Å². The summed E-state index contributed by atoms with van der Waals surface area (Å²) in [5, 5.41) is 16.6. The number of nitrogens with zero attached hydrogens (tertiary/aromatic N) is 2.